The fourth-order valence-corrected chi connectivity index (χ4v) is 1.22. The lowest BCUT2D eigenvalue weighted by Crippen LogP contribution is -2.20. The van der Waals surface area contributed by atoms with Crippen LogP contribution in [-0.2, 0) is 6.18 Å². The zero-order valence-electron chi connectivity index (χ0n) is 7.97. The second kappa shape index (κ2) is 3.73. The molecule has 80 valence electrons. The van der Waals surface area contributed by atoms with Gasteiger partial charge in [-0.25, -0.2) is 4.68 Å². The molecular formula is C10H9F3N2. The van der Waals surface area contributed by atoms with Crippen LogP contribution in [0, 0.1) is 12.3 Å². The summed E-state index contributed by atoms with van der Waals surface area (Å²) in [5.74, 6) is 7.38. The molecule has 0 aromatic carbocycles. The highest BCUT2D eigenvalue weighted by atomic mass is 19.4. The highest BCUT2D eigenvalue weighted by Crippen LogP contribution is 2.31. The van der Waals surface area contributed by atoms with E-state index in [9.17, 15) is 13.2 Å². The maximum Gasteiger partial charge on any atom is 0.433 e. The molecular weight excluding hydrogens is 205 g/mol. The van der Waals surface area contributed by atoms with Gasteiger partial charge >= 0.3 is 6.18 Å². The zero-order valence-corrected chi connectivity index (χ0v) is 7.97. The van der Waals surface area contributed by atoms with Crippen molar-refractivity contribution in [1.82, 2.24) is 4.68 Å². The molecule has 1 aromatic rings. The first-order valence-electron chi connectivity index (χ1n) is 4.09. The highest BCUT2D eigenvalue weighted by Gasteiger charge is 2.35. The molecule has 0 amide bonds. The summed E-state index contributed by atoms with van der Waals surface area (Å²) >= 11 is 0. The van der Waals surface area contributed by atoms with Crippen molar-refractivity contribution in [3.8, 4) is 12.3 Å². The Bertz CT molecular complexity index is 433. The van der Waals surface area contributed by atoms with Gasteiger partial charge in [-0.3, -0.25) is 0 Å². The van der Waals surface area contributed by atoms with E-state index in [1.54, 1.807) is 13.0 Å². The molecule has 0 fully saturated rings. The minimum absolute atomic E-state index is 0.0143. The number of aromatic nitrogens is 1. The predicted octanol–water partition coefficient (Wildman–Crippen LogP) is 2.24. The van der Waals surface area contributed by atoms with E-state index in [2.05, 4.69) is 5.92 Å². The number of hydrogen-bond acceptors (Lipinski definition) is 1. The predicted molar refractivity (Wildman–Crippen MR) is 52.2 cm³/mol. The summed E-state index contributed by atoms with van der Waals surface area (Å²) in [6.07, 6.45) is 3.66. The zero-order chi connectivity index (χ0) is 11.6. The van der Waals surface area contributed by atoms with Gasteiger partial charge in [-0.15, -0.1) is 6.42 Å². The van der Waals surface area contributed by atoms with E-state index in [0.717, 1.165) is 6.07 Å². The maximum absolute atomic E-state index is 12.4. The molecule has 0 aliphatic heterocycles. The van der Waals surface area contributed by atoms with E-state index < -0.39 is 11.9 Å². The van der Waals surface area contributed by atoms with Crippen LogP contribution in [0.4, 0.5) is 13.2 Å². The summed E-state index contributed by atoms with van der Waals surface area (Å²) < 4.78 is 37.8. The second-order valence-electron chi connectivity index (χ2n) is 2.85. The van der Waals surface area contributed by atoms with Gasteiger partial charge in [-0.1, -0.05) is 12.2 Å². The van der Waals surface area contributed by atoms with Crippen molar-refractivity contribution in [3.63, 3.8) is 0 Å². The lowest BCUT2D eigenvalue weighted by molar-refractivity contribution is -0.142. The molecule has 0 spiro atoms. The summed E-state index contributed by atoms with van der Waals surface area (Å²) in [7, 11) is 0. The first-order valence-corrected chi connectivity index (χ1v) is 4.09. The van der Waals surface area contributed by atoms with Crippen LogP contribution in [0.5, 0.6) is 0 Å². The largest absolute Gasteiger partial charge is 0.433 e. The Morgan fingerprint density at radius 3 is 2.53 bits per heavy atom. The molecule has 2 N–H and O–H groups in total. The minimum Gasteiger partial charge on any atom is -0.338 e. The third-order valence-corrected chi connectivity index (χ3v) is 1.84. The van der Waals surface area contributed by atoms with E-state index >= 15 is 0 Å². The van der Waals surface area contributed by atoms with Crippen molar-refractivity contribution >= 4 is 6.08 Å². The average Bonchev–Trinajstić information content (AvgIpc) is 2.42. The van der Waals surface area contributed by atoms with Crippen molar-refractivity contribution in [1.29, 1.82) is 0 Å². The molecule has 0 atom stereocenters. The Hall–Kier alpha value is -1.83. The molecule has 15 heavy (non-hydrogen) atoms. The van der Waals surface area contributed by atoms with Crippen molar-refractivity contribution in [2.75, 3.05) is 5.84 Å². The lowest BCUT2D eigenvalue weighted by atomic mass is 10.2. The number of nitrogens with two attached hydrogens (primary N) is 1. The smallest absolute Gasteiger partial charge is 0.338 e. The Morgan fingerprint density at radius 2 is 2.13 bits per heavy atom. The van der Waals surface area contributed by atoms with E-state index in [0.29, 0.717) is 4.68 Å². The van der Waals surface area contributed by atoms with Gasteiger partial charge in [0.15, 0.2) is 0 Å². The van der Waals surface area contributed by atoms with Gasteiger partial charge in [0.2, 0.25) is 0 Å². The van der Waals surface area contributed by atoms with Gasteiger partial charge in [-0.05, 0) is 18.9 Å². The van der Waals surface area contributed by atoms with Crippen LogP contribution in [0.2, 0.25) is 0 Å². The van der Waals surface area contributed by atoms with Gasteiger partial charge < -0.3 is 5.84 Å². The second-order valence-corrected chi connectivity index (χ2v) is 2.85. The van der Waals surface area contributed by atoms with Gasteiger partial charge in [0.1, 0.15) is 11.4 Å². The van der Waals surface area contributed by atoms with Crippen molar-refractivity contribution < 1.29 is 13.2 Å². The third-order valence-electron chi connectivity index (χ3n) is 1.84. The summed E-state index contributed by atoms with van der Waals surface area (Å²) in [5.41, 5.74) is -0.654. The minimum atomic E-state index is -4.50. The number of rotatable bonds is 1. The molecule has 1 rings (SSSR count). The molecule has 1 heterocycles. The van der Waals surface area contributed by atoms with Crippen molar-refractivity contribution in [3.05, 3.63) is 29.1 Å². The Kier molecular flexibility index (Phi) is 2.80. The van der Waals surface area contributed by atoms with E-state index in [1.165, 1.54) is 6.08 Å². The fourth-order valence-electron chi connectivity index (χ4n) is 1.22. The van der Waals surface area contributed by atoms with Crippen LogP contribution >= 0.6 is 0 Å². The molecule has 1 aromatic heterocycles. The fraction of sp³-hybridized carbons (Fsp3) is 0.200. The third kappa shape index (κ3) is 1.99. The Balaban J connectivity index is 3.42. The van der Waals surface area contributed by atoms with Crippen LogP contribution in [0.25, 0.3) is 6.08 Å². The quantitative estimate of drug-likeness (QED) is 0.564. The molecule has 5 heteroatoms. The molecule has 0 saturated carbocycles. The first-order chi connectivity index (χ1) is 6.91. The number of allylic oxidation sites excluding steroid dienone is 1. The topological polar surface area (TPSA) is 30.9 Å². The number of terminal acetylenes is 1. The molecule has 0 radical (unpaired) electrons. The molecule has 0 bridgehead atoms. The van der Waals surface area contributed by atoms with E-state index in [4.69, 9.17) is 12.3 Å². The lowest BCUT2D eigenvalue weighted by Gasteiger charge is -2.07. The SMILES string of the molecule is C#Cc1c(/C=C\C)cc(C(F)(F)F)n1N. The van der Waals surface area contributed by atoms with E-state index in [1.807, 2.05) is 0 Å². The van der Waals surface area contributed by atoms with Crippen LogP contribution in [-0.4, -0.2) is 4.68 Å². The maximum atomic E-state index is 12.4. The normalized spacial score (nSPS) is 11.9. The molecule has 0 aliphatic rings. The number of hydrogen-bond donors (Lipinski definition) is 1. The average molecular weight is 214 g/mol. The summed E-state index contributed by atoms with van der Waals surface area (Å²) in [6.45, 7) is 1.68. The van der Waals surface area contributed by atoms with E-state index in [-0.39, 0.29) is 11.3 Å². The number of halogens is 3. The number of alkyl halides is 3. The molecule has 2 nitrogen and oxygen atoms in total. The van der Waals surface area contributed by atoms with Crippen LogP contribution in [0.1, 0.15) is 23.9 Å². The van der Waals surface area contributed by atoms with Gasteiger partial charge in [0.05, 0.1) is 0 Å². The van der Waals surface area contributed by atoms with Crippen molar-refractivity contribution in [2.45, 2.75) is 13.1 Å². The monoisotopic (exact) mass is 214 g/mol. The van der Waals surface area contributed by atoms with Gasteiger partial charge in [-0.2, -0.15) is 13.2 Å². The van der Waals surface area contributed by atoms with Crippen LogP contribution < -0.4 is 5.84 Å². The van der Waals surface area contributed by atoms with Crippen LogP contribution in [0.3, 0.4) is 0 Å². The van der Waals surface area contributed by atoms with Crippen molar-refractivity contribution in [2.24, 2.45) is 0 Å². The Labute approximate surface area is 85.2 Å². The number of nitrogen functional groups attached to an aromatic ring is 1. The van der Waals surface area contributed by atoms with Gasteiger partial charge in [0, 0.05) is 5.56 Å². The first kappa shape index (κ1) is 11.2. The Morgan fingerprint density at radius 1 is 1.53 bits per heavy atom. The molecule has 0 unspecified atom stereocenters. The number of nitrogens with zero attached hydrogens (tertiary/aromatic N) is 1. The standard InChI is InChI=1S/C10H9F3N2/c1-3-5-7-6-9(10(11,12)13)15(14)8(7)4-2/h2-3,5-6H,14H2,1H3/b5-3-. The summed E-state index contributed by atoms with van der Waals surface area (Å²) in [6, 6.07) is 0.926. The van der Waals surface area contributed by atoms with Crippen LogP contribution in [0.15, 0.2) is 12.1 Å². The van der Waals surface area contributed by atoms with Gasteiger partial charge in [0.25, 0.3) is 0 Å². The highest BCUT2D eigenvalue weighted by molar-refractivity contribution is 5.58. The molecule has 0 aliphatic carbocycles. The summed E-state index contributed by atoms with van der Waals surface area (Å²) in [4.78, 5) is 0. The molecule has 0 saturated heterocycles. The summed E-state index contributed by atoms with van der Waals surface area (Å²) in [5, 5.41) is 0.